The first kappa shape index (κ1) is 17.0. The summed E-state index contributed by atoms with van der Waals surface area (Å²) in [6, 6.07) is 8.17. The Hall–Kier alpha value is -1.84. The minimum absolute atomic E-state index is 0.0575. The minimum atomic E-state index is -0.220. The van der Waals surface area contributed by atoms with Crippen molar-refractivity contribution >= 4 is 17.5 Å². The van der Waals surface area contributed by atoms with Gasteiger partial charge in [0.2, 0.25) is 11.8 Å². The topological polar surface area (TPSA) is 49.4 Å². The number of aryl methyl sites for hydroxylation is 1. The maximum absolute atomic E-state index is 12.6. The quantitative estimate of drug-likeness (QED) is 0.922. The highest BCUT2D eigenvalue weighted by Crippen LogP contribution is 2.28. The monoisotopic (exact) mass is 328 g/mol. The van der Waals surface area contributed by atoms with E-state index in [-0.39, 0.29) is 17.7 Å². The Morgan fingerprint density at radius 1 is 1.08 bits per heavy atom. The zero-order valence-electron chi connectivity index (χ0n) is 14.6. The van der Waals surface area contributed by atoms with Crippen molar-refractivity contribution in [3.63, 3.8) is 0 Å². The van der Waals surface area contributed by atoms with Crippen molar-refractivity contribution in [1.29, 1.82) is 0 Å². The number of nitrogens with zero attached hydrogens (tertiary/aromatic N) is 1. The number of hydrogen-bond donors (Lipinski definition) is 1. The Morgan fingerprint density at radius 2 is 1.75 bits per heavy atom. The van der Waals surface area contributed by atoms with Gasteiger partial charge < -0.3 is 10.2 Å². The molecule has 1 aromatic carbocycles. The third-order valence-electron chi connectivity index (χ3n) is 5.35. The fraction of sp³-hybridized carbons (Fsp3) is 0.600. The van der Waals surface area contributed by atoms with Crippen LogP contribution in [-0.2, 0) is 9.59 Å². The lowest BCUT2D eigenvalue weighted by Gasteiger charge is -2.23. The van der Waals surface area contributed by atoms with Crippen molar-refractivity contribution in [1.82, 2.24) is 5.32 Å². The lowest BCUT2D eigenvalue weighted by molar-refractivity contribution is -0.127. The van der Waals surface area contributed by atoms with Crippen molar-refractivity contribution in [3.8, 4) is 0 Å². The van der Waals surface area contributed by atoms with Gasteiger partial charge in [0.15, 0.2) is 0 Å². The molecule has 1 saturated heterocycles. The summed E-state index contributed by atoms with van der Waals surface area (Å²) in [5, 5.41) is 3.22. The highest BCUT2D eigenvalue weighted by molar-refractivity contribution is 6.00. The smallest absolute Gasteiger partial charge is 0.227 e. The van der Waals surface area contributed by atoms with Crippen molar-refractivity contribution in [2.24, 2.45) is 5.92 Å². The summed E-state index contributed by atoms with van der Waals surface area (Å²) in [5.41, 5.74) is 2.01. The summed E-state index contributed by atoms with van der Waals surface area (Å²) in [5.74, 6) is -0.102. The zero-order chi connectivity index (χ0) is 16.9. The molecule has 1 saturated carbocycles. The van der Waals surface area contributed by atoms with Gasteiger partial charge in [-0.2, -0.15) is 0 Å². The van der Waals surface area contributed by atoms with Crippen molar-refractivity contribution in [2.75, 3.05) is 11.4 Å². The number of rotatable bonds is 3. The summed E-state index contributed by atoms with van der Waals surface area (Å²) in [7, 11) is 0. The normalized spacial score (nSPS) is 23.0. The molecule has 1 aromatic rings. The molecule has 3 rings (SSSR count). The highest BCUT2D eigenvalue weighted by atomic mass is 16.2. The number of benzene rings is 1. The lowest BCUT2D eigenvalue weighted by atomic mass is 9.96. The van der Waals surface area contributed by atoms with E-state index in [2.05, 4.69) is 5.32 Å². The summed E-state index contributed by atoms with van der Waals surface area (Å²) >= 11 is 0. The predicted octanol–water partition coefficient (Wildman–Crippen LogP) is 3.58. The van der Waals surface area contributed by atoms with Gasteiger partial charge in [-0.3, -0.25) is 9.59 Å². The first-order chi connectivity index (χ1) is 11.6. The summed E-state index contributed by atoms with van der Waals surface area (Å²) in [6.07, 6.45) is 8.75. The van der Waals surface area contributed by atoms with E-state index in [1.165, 1.54) is 32.1 Å². The zero-order valence-corrected chi connectivity index (χ0v) is 14.6. The molecular formula is C20H28N2O2. The second-order valence-electron chi connectivity index (χ2n) is 7.24. The average molecular weight is 328 g/mol. The Bertz CT molecular complexity index is 591. The van der Waals surface area contributed by atoms with Crippen molar-refractivity contribution in [2.45, 2.75) is 64.3 Å². The molecule has 4 heteroatoms. The van der Waals surface area contributed by atoms with Crippen molar-refractivity contribution in [3.05, 3.63) is 29.8 Å². The molecule has 1 atom stereocenters. The van der Waals surface area contributed by atoms with Gasteiger partial charge in [-0.1, -0.05) is 50.3 Å². The number of anilines is 1. The predicted molar refractivity (Wildman–Crippen MR) is 95.9 cm³/mol. The van der Waals surface area contributed by atoms with Crippen molar-refractivity contribution < 1.29 is 9.59 Å². The standard InChI is InChI=1S/C20H28N2O2/c1-15-9-7-8-12-18(15)22-14-16(13-19(22)23)20(24)21-17-10-5-3-2-4-6-11-17/h7-9,12,16-17H,2-6,10-11,13-14H2,1H3,(H,21,24)/t16-/m1/s1. The number of hydrogen-bond acceptors (Lipinski definition) is 2. The van der Waals surface area contributed by atoms with E-state index in [9.17, 15) is 9.59 Å². The molecule has 0 spiro atoms. The van der Waals surface area contributed by atoms with Crippen LogP contribution < -0.4 is 10.2 Å². The van der Waals surface area contributed by atoms with Crippen LogP contribution in [0.25, 0.3) is 0 Å². The number of para-hydroxylation sites is 1. The number of carbonyl (C=O) groups is 2. The van der Waals surface area contributed by atoms with E-state index in [0.717, 1.165) is 24.1 Å². The van der Waals surface area contributed by atoms with E-state index in [0.29, 0.717) is 19.0 Å². The first-order valence-corrected chi connectivity index (χ1v) is 9.31. The van der Waals surface area contributed by atoms with Gasteiger partial charge in [-0.05, 0) is 31.4 Å². The van der Waals surface area contributed by atoms with Gasteiger partial charge in [-0.25, -0.2) is 0 Å². The van der Waals surface area contributed by atoms with Crippen LogP contribution in [-0.4, -0.2) is 24.4 Å². The third kappa shape index (κ3) is 3.97. The summed E-state index contributed by atoms with van der Waals surface area (Å²) in [6.45, 7) is 2.51. The van der Waals surface area contributed by atoms with Crippen LogP contribution in [0.2, 0.25) is 0 Å². The molecule has 1 heterocycles. The molecule has 0 radical (unpaired) electrons. The Kier molecular flexibility index (Phi) is 5.54. The van der Waals surface area contributed by atoms with Crippen LogP contribution in [0.4, 0.5) is 5.69 Å². The van der Waals surface area contributed by atoms with E-state index in [1.54, 1.807) is 4.90 Å². The van der Waals surface area contributed by atoms with Gasteiger partial charge in [0, 0.05) is 24.7 Å². The van der Waals surface area contributed by atoms with Crippen LogP contribution in [0.5, 0.6) is 0 Å². The second-order valence-corrected chi connectivity index (χ2v) is 7.24. The van der Waals surface area contributed by atoms with Gasteiger partial charge in [0.05, 0.1) is 5.92 Å². The lowest BCUT2D eigenvalue weighted by Crippen LogP contribution is -2.40. The van der Waals surface area contributed by atoms with E-state index < -0.39 is 0 Å². The number of nitrogens with one attached hydrogen (secondary N) is 1. The molecule has 2 aliphatic rings. The molecule has 0 unspecified atom stereocenters. The molecule has 24 heavy (non-hydrogen) atoms. The van der Waals surface area contributed by atoms with Crippen LogP contribution in [0.15, 0.2) is 24.3 Å². The molecule has 1 aliphatic carbocycles. The number of carbonyl (C=O) groups excluding carboxylic acids is 2. The fourth-order valence-electron chi connectivity index (χ4n) is 3.90. The van der Waals surface area contributed by atoms with Crippen LogP contribution in [0.3, 0.4) is 0 Å². The Labute approximate surface area is 144 Å². The van der Waals surface area contributed by atoms with Gasteiger partial charge in [0.1, 0.15) is 0 Å². The van der Waals surface area contributed by atoms with Gasteiger partial charge >= 0.3 is 0 Å². The largest absolute Gasteiger partial charge is 0.353 e. The first-order valence-electron chi connectivity index (χ1n) is 9.31. The van der Waals surface area contributed by atoms with Gasteiger partial charge in [-0.15, -0.1) is 0 Å². The average Bonchev–Trinajstić information content (AvgIpc) is 2.92. The molecule has 1 aliphatic heterocycles. The molecule has 2 amide bonds. The molecule has 1 N–H and O–H groups in total. The maximum Gasteiger partial charge on any atom is 0.227 e. The molecule has 0 bridgehead atoms. The molecular weight excluding hydrogens is 300 g/mol. The third-order valence-corrected chi connectivity index (χ3v) is 5.35. The molecule has 130 valence electrons. The van der Waals surface area contributed by atoms with Crippen LogP contribution in [0.1, 0.15) is 56.9 Å². The van der Waals surface area contributed by atoms with E-state index >= 15 is 0 Å². The Balaban J connectivity index is 1.60. The Morgan fingerprint density at radius 3 is 2.46 bits per heavy atom. The summed E-state index contributed by atoms with van der Waals surface area (Å²) in [4.78, 5) is 26.8. The molecule has 0 aromatic heterocycles. The van der Waals surface area contributed by atoms with Crippen LogP contribution >= 0.6 is 0 Å². The second kappa shape index (κ2) is 7.82. The minimum Gasteiger partial charge on any atom is -0.353 e. The van der Waals surface area contributed by atoms with E-state index in [4.69, 9.17) is 0 Å². The number of amides is 2. The fourth-order valence-corrected chi connectivity index (χ4v) is 3.90. The van der Waals surface area contributed by atoms with E-state index in [1.807, 2.05) is 31.2 Å². The SMILES string of the molecule is Cc1ccccc1N1C[C@H](C(=O)NC2CCCCCCC2)CC1=O. The molecule has 2 fully saturated rings. The summed E-state index contributed by atoms with van der Waals surface area (Å²) < 4.78 is 0. The van der Waals surface area contributed by atoms with Gasteiger partial charge in [0.25, 0.3) is 0 Å². The molecule has 4 nitrogen and oxygen atoms in total. The maximum atomic E-state index is 12.6. The van der Waals surface area contributed by atoms with Crippen LogP contribution in [0, 0.1) is 12.8 Å². The highest BCUT2D eigenvalue weighted by Gasteiger charge is 2.36.